The average molecular weight is 245 g/mol. The van der Waals surface area contributed by atoms with Crippen LogP contribution in [-0.4, -0.2) is 27.6 Å². The summed E-state index contributed by atoms with van der Waals surface area (Å²) in [6, 6.07) is 8.11. The third-order valence-electron chi connectivity index (χ3n) is 2.85. The second kappa shape index (κ2) is 4.96. The van der Waals surface area contributed by atoms with E-state index < -0.39 is 5.97 Å². The summed E-state index contributed by atoms with van der Waals surface area (Å²) in [5.41, 5.74) is 2.29. The molecule has 94 valence electrons. The molecule has 0 bridgehead atoms. The molecule has 0 saturated heterocycles. The molecule has 0 spiro atoms. The number of rotatable bonds is 3. The van der Waals surface area contributed by atoms with Crippen LogP contribution in [0.2, 0.25) is 0 Å². The maximum absolute atomic E-state index is 10.8. The minimum Gasteiger partial charge on any atom is -0.510 e. The van der Waals surface area contributed by atoms with Gasteiger partial charge < -0.3 is 15.1 Å². The van der Waals surface area contributed by atoms with Crippen molar-refractivity contribution in [2.45, 2.75) is 13.5 Å². The van der Waals surface area contributed by atoms with Gasteiger partial charge in [0.1, 0.15) is 11.3 Å². The molecule has 4 nitrogen and oxygen atoms in total. The zero-order chi connectivity index (χ0) is 13.1. The molecule has 1 aromatic carbocycles. The lowest BCUT2D eigenvalue weighted by Crippen LogP contribution is -2.24. The zero-order valence-electron chi connectivity index (χ0n) is 10.1. The van der Waals surface area contributed by atoms with Gasteiger partial charge in [-0.25, -0.2) is 4.79 Å². The Bertz CT molecular complexity index is 514. The summed E-state index contributed by atoms with van der Waals surface area (Å²) in [5, 5.41) is 18.5. The van der Waals surface area contributed by atoms with Gasteiger partial charge in [0, 0.05) is 12.7 Å². The number of aliphatic hydroxyl groups excluding tert-OH is 1. The van der Waals surface area contributed by atoms with Crippen LogP contribution in [0.15, 0.2) is 47.9 Å². The largest absolute Gasteiger partial charge is 0.510 e. The molecule has 0 amide bonds. The Morgan fingerprint density at radius 2 is 2.00 bits per heavy atom. The molecule has 2 N–H and O–H groups in total. The van der Waals surface area contributed by atoms with Gasteiger partial charge in [-0.05, 0) is 18.6 Å². The van der Waals surface area contributed by atoms with E-state index in [4.69, 9.17) is 5.11 Å². The maximum atomic E-state index is 10.8. The van der Waals surface area contributed by atoms with Crippen LogP contribution in [0.3, 0.4) is 0 Å². The van der Waals surface area contributed by atoms with Crippen molar-refractivity contribution in [3.8, 4) is 0 Å². The molecule has 0 fully saturated rings. The second-order valence-corrected chi connectivity index (χ2v) is 4.37. The average Bonchev–Trinajstić information content (AvgIpc) is 2.32. The third-order valence-corrected chi connectivity index (χ3v) is 2.85. The number of hydrogen-bond acceptors (Lipinski definition) is 3. The van der Waals surface area contributed by atoms with E-state index in [1.165, 1.54) is 11.6 Å². The fourth-order valence-corrected chi connectivity index (χ4v) is 1.84. The highest BCUT2D eigenvalue weighted by Crippen LogP contribution is 2.16. The highest BCUT2D eigenvalue weighted by Gasteiger charge is 2.17. The number of carboxylic acids is 1. The van der Waals surface area contributed by atoms with Crippen LogP contribution in [0.25, 0.3) is 0 Å². The summed E-state index contributed by atoms with van der Waals surface area (Å²) in [6.07, 6.45) is 3.12. The Morgan fingerprint density at radius 3 is 2.56 bits per heavy atom. The van der Waals surface area contributed by atoms with Gasteiger partial charge in [-0.2, -0.15) is 0 Å². The molecule has 0 aromatic heterocycles. The van der Waals surface area contributed by atoms with Crippen molar-refractivity contribution in [3.63, 3.8) is 0 Å². The lowest BCUT2D eigenvalue weighted by atomic mass is 10.1. The minimum absolute atomic E-state index is 0.0323. The fraction of sp³-hybridized carbons (Fsp3) is 0.214. The second-order valence-electron chi connectivity index (χ2n) is 4.37. The van der Waals surface area contributed by atoms with Crippen molar-refractivity contribution in [1.29, 1.82) is 0 Å². The van der Waals surface area contributed by atoms with Crippen molar-refractivity contribution < 1.29 is 15.0 Å². The monoisotopic (exact) mass is 245 g/mol. The number of nitrogens with zero attached hydrogens (tertiary/aromatic N) is 1. The van der Waals surface area contributed by atoms with Crippen molar-refractivity contribution in [2.24, 2.45) is 0 Å². The smallest absolute Gasteiger partial charge is 0.339 e. The summed E-state index contributed by atoms with van der Waals surface area (Å²) in [4.78, 5) is 12.6. The quantitative estimate of drug-likeness (QED) is 0.857. The van der Waals surface area contributed by atoms with Crippen molar-refractivity contribution in [1.82, 2.24) is 4.90 Å². The highest BCUT2D eigenvalue weighted by molar-refractivity contribution is 5.90. The predicted octanol–water partition coefficient (Wildman–Crippen LogP) is 2.22. The van der Waals surface area contributed by atoms with E-state index in [9.17, 15) is 9.90 Å². The maximum Gasteiger partial charge on any atom is 0.339 e. The van der Waals surface area contributed by atoms with Crippen molar-refractivity contribution in [2.75, 3.05) is 6.54 Å². The van der Waals surface area contributed by atoms with Crippen molar-refractivity contribution >= 4 is 5.97 Å². The molecule has 0 saturated carbocycles. The lowest BCUT2D eigenvalue weighted by Gasteiger charge is -2.23. The van der Waals surface area contributed by atoms with Gasteiger partial charge in [0.25, 0.3) is 0 Å². The molecule has 1 heterocycles. The van der Waals surface area contributed by atoms with Crippen LogP contribution in [0.4, 0.5) is 0 Å². The van der Waals surface area contributed by atoms with E-state index >= 15 is 0 Å². The first-order chi connectivity index (χ1) is 8.56. The molecule has 4 heteroatoms. The molecule has 2 rings (SSSR count). The number of hydrogen-bond donors (Lipinski definition) is 2. The number of carboxylic acid groups (broad SMARTS) is 1. The van der Waals surface area contributed by atoms with Gasteiger partial charge >= 0.3 is 5.97 Å². The predicted molar refractivity (Wildman–Crippen MR) is 68.0 cm³/mol. The van der Waals surface area contributed by atoms with E-state index in [0.29, 0.717) is 6.54 Å². The van der Waals surface area contributed by atoms with Gasteiger partial charge in [0.2, 0.25) is 0 Å². The molecule has 1 aliphatic heterocycles. The first kappa shape index (κ1) is 12.2. The minimum atomic E-state index is -1.10. The lowest BCUT2D eigenvalue weighted by molar-refractivity contribution is -0.132. The summed E-state index contributed by atoms with van der Waals surface area (Å²) in [5.74, 6) is -1.20. The number of aryl methyl sites for hydroxylation is 1. The van der Waals surface area contributed by atoms with Gasteiger partial charge in [-0.15, -0.1) is 0 Å². The molecule has 0 radical (unpaired) electrons. The Balaban J connectivity index is 2.05. The Labute approximate surface area is 105 Å². The van der Waals surface area contributed by atoms with Gasteiger partial charge in [0.15, 0.2) is 0 Å². The first-order valence-corrected chi connectivity index (χ1v) is 5.69. The zero-order valence-corrected chi connectivity index (χ0v) is 10.1. The molecule has 0 atom stereocenters. The van der Waals surface area contributed by atoms with E-state index in [1.807, 2.05) is 36.1 Å². The Hall–Kier alpha value is -2.23. The molecule has 18 heavy (non-hydrogen) atoms. The van der Waals surface area contributed by atoms with Crippen molar-refractivity contribution in [3.05, 3.63) is 59.0 Å². The number of aliphatic hydroxyl groups is 1. The first-order valence-electron chi connectivity index (χ1n) is 5.69. The summed E-state index contributed by atoms with van der Waals surface area (Å²) >= 11 is 0. The normalized spacial score (nSPS) is 15.1. The SMILES string of the molecule is Cc1ccc(CN2C=CC(C(=O)O)=C(O)C2)cc1. The molecular weight excluding hydrogens is 230 g/mol. The molecule has 0 unspecified atom stereocenters. The molecule has 1 aliphatic rings. The number of aliphatic carboxylic acids is 1. The highest BCUT2D eigenvalue weighted by atomic mass is 16.4. The summed E-state index contributed by atoms with van der Waals surface area (Å²) in [7, 11) is 0. The van der Waals surface area contributed by atoms with Crippen LogP contribution >= 0.6 is 0 Å². The van der Waals surface area contributed by atoms with Crippen LogP contribution in [0.1, 0.15) is 11.1 Å². The number of benzene rings is 1. The van der Waals surface area contributed by atoms with E-state index in [2.05, 4.69) is 0 Å². The molecular formula is C14H15NO3. The summed E-state index contributed by atoms with van der Waals surface area (Å²) < 4.78 is 0. The van der Waals surface area contributed by atoms with Gasteiger partial charge in [-0.1, -0.05) is 29.8 Å². The molecule has 0 aliphatic carbocycles. The van der Waals surface area contributed by atoms with E-state index in [-0.39, 0.29) is 17.9 Å². The molecule has 1 aromatic rings. The van der Waals surface area contributed by atoms with E-state index in [1.54, 1.807) is 6.20 Å². The fourth-order valence-electron chi connectivity index (χ4n) is 1.84. The number of carbonyl (C=O) groups is 1. The topological polar surface area (TPSA) is 60.8 Å². The van der Waals surface area contributed by atoms with E-state index in [0.717, 1.165) is 5.56 Å². The van der Waals surface area contributed by atoms with Crippen LogP contribution in [0.5, 0.6) is 0 Å². The third kappa shape index (κ3) is 2.71. The standard InChI is InChI=1S/C14H15NO3/c1-10-2-4-11(5-3-10)8-15-7-6-12(14(17)18)13(16)9-15/h2-7,16H,8-9H2,1H3,(H,17,18). The Kier molecular flexibility index (Phi) is 3.37. The Morgan fingerprint density at radius 1 is 1.33 bits per heavy atom. The summed E-state index contributed by atoms with van der Waals surface area (Å²) in [6.45, 7) is 2.90. The van der Waals surface area contributed by atoms with Gasteiger partial charge in [-0.3, -0.25) is 0 Å². The van der Waals surface area contributed by atoms with Crippen LogP contribution < -0.4 is 0 Å². The van der Waals surface area contributed by atoms with Gasteiger partial charge in [0.05, 0.1) is 6.54 Å². The van der Waals surface area contributed by atoms with Crippen LogP contribution in [-0.2, 0) is 11.3 Å². The van der Waals surface area contributed by atoms with Crippen LogP contribution in [0, 0.1) is 6.92 Å².